The van der Waals surface area contributed by atoms with Gasteiger partial charge in [0.15, 0.2) is 0 Å². The molecule has 18 heavy (non-hydrogen) atoms. The van der Waals surface area contributed by atoms with Crippen molar-refractivity contribution in [2.75, 3.05) is 25.1 Å². The molecule has 3 N–H and O–H groups in total. The van der Waals surface area contributed by atoms with Gasteiger partial charge in [-0.3, -0.25) is 5.41 Å². The highest BCUT2D eigenvalue weighted by Gasteiger charge is 2.10. The number of benzene rings is 1. The van der Waals surface area contributed by atoms with Crippen molar-refractivity contribution in [1.29, 1.82) is 5.41 Å². The van der Waals surface area contributed by atoms with Crippen molar-refractivity contribution in [3.63, 3.8) is 0 Å². The SMILES string of the molecule is CC(C)OCCN(C)c1ccc(Cl)cc1C(=N)N. The molecule has 0 saturated carbocycles. The number of nitrogens with one attached hydrogen (secondary N) is 1. The number of amidine groups is 1. The number of anilines is 1. The Morgan fingerprint density at radius 3 is 2.72 bits per heavy atom. The summed E-state index contributed by atoms with van der Waals surface area (Å²) in [5, 5.41) is 8.15. The van der Waals surface area contributed by atoms with E-state index in [0.29, 0.717) is 17.2 Å². The van der Waals surface area contributed by atoms with Gasteiger partial charge in [-0.05, 0) is 32.0 Å². The summed E-state index contributed by atoms with van der Waals surface area (Å²) in [5.41, 5.74) is 7.10. The molecule has 1 aromatic carbocycles. The monoisotopic (exact) mass is 269 g/mol. The Hall–Kier alpha value is -1.26. The maximum atomic E-state index is 7.57. The van der Waals surface area contributed by atoms with Crippen LogP contribution in [0.5, 0.6) is 0 Å². The number of halogens is 1. The Morgan fingerprint density at radius 1 is 1.50 bits per heavy atom. The first-order chi connectivity index (χ1) is 8.41. The smallest absolute Gasteiger partial charge is 0.124 e. The van der Waals surface area contributed by atoms with Gasteiger partial charge < -0.3 is 15.4 Å². The van der Waals surface area contributed by atoms with Crippen molar-refractivity contribution in [3.8, 4) is 0 Å². The topological polar surface area (TPSA) is 62.3 Å². The highest BCUT2D eigenvalue weighted by atomic mass is 35.5. The van der Waals surface area contributed by atoms with E-state index in [0.717, 1.165) is 12.2 Å². The van der Waals surface area contributed by atoms with Crippen LogP contribution in [0.1, 0.15) is 19.4 Å². The first-order valence-electron chi connectivity index (χ1n) is 5.88. The van der Waals surface area contributed by atoms with Crippen LogP contribution in [0.3, 0.4) is 0 Å². The number of rotatable bonds is 6. The van der Waals surface area contributed by atoms with Crippen LogP contribution in [0.15, 0.2) is 18.2 Å². The first kappa shape index (κ1) is 14.8. The van der Waals surface area contributed by atoms with Gasteiger partial charge in [0.05, 0.1) is 12.7 Å². The number of ether oxygens (including phenoxy) is 1. The Morgan fingerprint density at radius 2 is 2.17 bits per heavy atom. The van der Waals surface area contributed by atoms with E-state index < -0.39 is 0 Å². The molecule has 4 nitrogen and oxygen atoms in total. The molecule has 0 unspecified atom stereocenters. The minimum Gasteiger partial charge on any atom is -0.384 e. The summed E-state index contributed by atoms with van der Waals surface area (Å²) in [6.07, 6.45) is 0.218. The molecule has 0 aliphatic heterocycles. The molecule has 1 rings (SSSR count). The Labute approximate surface area is 113 Å². The van der Waals surface area contributed by atoms with Gasteiger partial charge in [0.1, 0.15) is 5.84 Å². The molecule has 0 amide bonds. The van der Waals surface area contributed by atoms with E-state index in [1.165, 1.54) is 0 Å². The number of nitrogen functional groups attached to an aromatic ring is 1. The van der Waals surface area contributed by atoms with Gasteiger partial charge in [0.25, 0.3) is 0 Å². The van der Waals surface area contributed by atoms with Crippen LogP contribution >= 0.6 is 11.6 Å². The summed E-state index contributed by atoms with van der Waals surface area (Å²) in [7, 11) is 1.94. The summed E-state index contributed by atoms with van der Waals surface area (Å²) in [6, 6.07) is 5.37. The molecule has 100 valence electrons. The summed E-state index contributed by atoms with van der Waals surface area (Å²) >= 11 is 5.92. The van der Waals surface area contributed by atoms with Crippen molar-refractivity contribution in [2.24, 2.45) is 5.73 Å². The lowest BCUT2D eigenvalue weighted by atomic mass is 10.1. The minimum absolute atomic E-state index is 0.0177. The molecule has 0 fully saturated rings. The van der Waals surface area contributed by atoms with Gasteiger partial charge in [-0.2, -0.15) is 0 Å². The van der Waals surface area contributed by atoms with Crippen molar-refractivity contribution < 1.29 is 4.74 Å². The van der Waals surface area contributed by atoms with Crippen LogP contribution < -0.4 is 10.6 Å². The number of hydrogen-bond acceptors (Lipinski definition) is 3. The predicted octanol–water partition coefficient (Wildman–Crippen LogP) is 2.49. The number of likely N-dealkylation sites (N-methyl/N-ethyl adjacent to an activating group) is 1. The second-order valence-electron chi connectivity index (χ2n) is 4.42. The molecule has 0 aromatic heterocycles. The van der Waals surface area contributed by atoms with E-state index in [2.05, 4.69) is 0 Å². The van der Waals surface area contributed by atoms with Crippen LogP contribution in [0.25, 0.3) is 0 Å². The number of nitrogens with zero attached hydrogens (tertiary/aromatic N) is 1. The maximum absolute atomic E-state index is 7.57. The van der Waals surface area contributed by atoms with Crippen molar-refractivity contribution >= 4 is 23.1 Å². The summed E-state index contributed by atoms with van der Waals surface area (Å²) < 4.78 is 5.51. The molecule has 0 bridgehead atoms. The van der Waals surface area contributed by atoms with Crippen LogP contribution in [0, 0.1) is 5.41 Å². The van der Waals surface area contributed by atoms with E-state index in [1.807, 2.05) is 31.9 Å². The van der Waals surface area contributed by atoms with Crippen LogP contribution in [-0.4, -0.2) is 32.1 Å². The average molecular weight is 270 g/mol. The van der Waals surface area contributed by atoms with E-state index >= 15 is 0 Å². The fourth-order valence-corrected chi connectivity index (χ4v) is 1.77. The first-order valence-corrected chi connectivity index (χ1v) is 6.26. The van der Waals surface area contributed by atoms with Crippen molar-refractivity contribution in [2.45, 2.75) is 20.0 Å². The van der Waals surface area contributed by atoms with Crippen molar-refractivity contribution in [3.05, 3.63) is 28.8 Å². The minimum atomic E-state index is 0.0177. The lowest BCUT2D eigenvalue weighted by Gasteiger charge is -2.22. The Bertz CT molecular complexity index is 421. The lowest BCUT2D eigenvalue weighted by Crippen LogP contribution is -2.26. The zero-order valence-electron chi connectivity index (χ0n) is 11.0. The summed E-state index contributed by atoms with van der Waals surface area (Å²) in [6.45, 7) is 5.38. The highest BCUT2D eigenvalue weighted by molar-refractivity contribution is 6.31. The molecule has 0 aliphatic carbocycles. The van der Waals surface area contributed by atoms with E-state index in [-0.39, 0.29) is 11.9 Å². The molecular weight excluding hydrogens is 250 g/mol. The van der Waals surface area contributed by atoms with E-state index in [4.69, 9.17) is 27.5 Å². The third-order valence-corrected chi connectivity index (χ3v) is 2.77. The van der Waals surface area contributed by atoms with Gasteiger partial charge in [0, 0.05) is 29.9 Å². The molecular formula is C13H20ClN3O. The molecule has 0 saturated heterocycles. The third kappa shape index (κ3) is 4.20. The molecule has 0 spiro atoms. The third-order valence-electron chi connectivity index (χ3n) is 2.54. The summed E-state index contributed by atoms with van der Waals surface area (Å²) in [5.74, 6) is 0.0177. The summed E-state index contributed by atoms with van der Waals surface area (Å²) in [4.78, 5) is 2.01. The largest absolute Gasteiger partial charge is 0.384 e. The van der Waals surface area contributed by atoms with Crippen LogP contribution in [-0.2, 0) is 4.74 Å². The fraction of sp³-hybridized carbons (Fsp3) is 0.462. The molecule has 5 heteroatoms. The second kappa shape index (κ2) is 6.61. The second-order valence-corrected chi connectivity index (χ2v) is 4.85. The van der Waals surface area contributed by atoms with Gasteiger partial charge >= 0.3 is 0 Å². The van der Waals surface area contributed by atoms with Gasteiger partial charge in [0.2, 0.25) is 0 Å². The van der Waals surface area contributed by atoms with Gasteiger partial charge in [-0.1, -0.05) is 11.6 Å². The predicted molar refractivity (Wildman–Crippen MR) is 76.8 cm³/mol. The average Bonchev–Trinajstić information content (AvgIpc) is 2.28. The van der Waals surface area contributed by atoms with Crippen LogP contribution in [0.2, 0.25) is 5.02 Å². The van der Waals surface area contributed by atoms with Crippen molar-refractivity contribution in [1.82, 2.24) is 0 Å². The molecule has 1 aromatic rings. The maximum Gasteiger partial charge on any atom is 0.124 e. The molecule has 0 heterocycles. The Kier molecular flexibility index (Phi) is 5.44. The zero-order valence-corrected chi connectivity index (χ0v) is 11.8. The highest BCUT2D eigenvalue weighted by Crippen LogP contribution is 2.23. The van der Waals surface area contributed by atoms with Crippen LogP contribution in [0.4, 0.5) is 5.69 Å². The molecule has 0 aliphatic rings. The van der Waals surface area contributed by atoms with Gasteiger partial charge in [-0.15, -0.1) is 0 Å². The van der Waals surface area contributed by atoms with E-state index in [1.54, 1.807) is 12.1 Å². The standard InChI is InChI=1S/C13H20ClN3O/c1-9(2)18-7-6-17(3)12-5-4-10(14)8-11(12)13(15)16/h4-5,8-9H,6-7H2,1-3H3,(H3,15,16). The quantitative estimate of drug-likeness (QED) is 0.616. The number of nitrogens with two attached hydrogens (primary N) is 1. The van der Waals surface area contributed by atoms with E-state index in [9.17, 15) is 0 Å². The lowest BCUT2D eigenvalue weighted by molar-refractivity contribution is 0.0846. The Balaban J connectivity index is 2.78. The fourth-order valence-electron chi connectivity index (χ4n) is 1.60. The van der Waals surface area contributed by atoms with Gasteiger partial charge in [-0.25, -0.2) is 0 Å². The normalized spacial score (nSPS) is 10.7. The zero-order chi connectivity index (χ0) is 13.7. The number of hydrogen-bond donors (Lipinski definition) is 2. The molecule has 0 atom stereocenters. The molecule has 0 radical (unpaired) electrons.